The number of hydrogen-bond donors (Lipinski definition) is 1. The molecular weight excluding hydrogens is 262 g/mol. The van der Waals surface area contributed by atoms with Crippen molar-refractivity contribution in [3.63, 3.8) is 0 Å². The Bertz CT molecular complexity index is 848. The van der Waals surface area contributed by atoms with Crippen LogP contribution in [-0.4, -0.2) is 14.6 Å². The third-order valence-corrected chi connectivity index (χ3v) is 3.63. The van der Waals surface area contributed by atoms with Gasteiger partial charge in [-0.25, -0.2) is 9.50 Å². The lowest BCUT2D eigenvalue weighted by Crippen LogP contribution is -2.22. The first-order chi connectivity index (χ1) is 9.86. The van der Waals surface area contributed by atoms with E-state index in [1.165, 1.54) is 10.1 Å². The van der Waals surface area contributed by atoms with Crippen molar-refractivity contribution in [2.45, 2.75) is 33.1 Å². The summed E-state index contributed by atoms with van der Waals surface area (Å²) in [4.78, 5) is 16.9. The minimum absolute atomic E-state index is 0.0803. The summed E-state index contributed by atoms with van der Waals surface area (Å²) in [5.74, 6) is 0. The Morgan fingerprint density at radius 1 is 1.14 bits per heavy atom. The summed E-state index contributed by atoms with van der Waals surface area (Å²) >= 11 is 0. The zero-order valence-corrected chi connectivity index (χ0v) is 12.8. The largest absolute Gasteiger partial charge is 0.296 e. The molecular formula is C17H19N3O. The van der Waals surface area contributed by atoms with Gasteiger partial charge < -0.3 is 0 Å². The second-order valence-corrected chi connectivity index (χ2v) is 6.44. The molecule has 2 heterocycles. The van der Waals surface area contributed by atoms with E-state index in [9.17, 15) is 4.79 Å². The van der Waals surface area contributed by atoms with E-state index < -0.39 is 0 Å². The van der Waals surface area contributed by atoms with Crippen molar-refractivity contribution in [3.05, 3.63) is 58.1 Å². The molecule has 0 aliphatic heterocycles. The highest BCUT2D eigenvalue weighted by Crippen LogP contribution is 2.25. The number of aromatic nitrogens is 3. The quantitative estimate of drug-likeness (QED) is 0.744. The molecule has 3 rings (SSSR count). The Morgan fingerprint density at radius 2 is 1.81 bits per heavy atom. The molecule has 3 aromatic rings. The van der Waals surface area contributed by atoms with Crippen molar-refractivity contribution >= 4 is 5.65 Å². The molecule has 0 unspecified atom stereocenters. The zero-order chi connectivity index (χ0) is 15.2. The van der Waals surface area contributed by atoms with Gasteiger partial charge in [0.25, 0.3) is 5.56 Å². The molecule has 0 aliphatic carbocycles. The number of aryl methyl sites for hydroxylation is 1. The summed E-state index contributed by atoms with van der Waals surface area (Å²) in [6, 6.07) is 9.82. The summed E-state index contributed by atoms with van der Waals surface area (Å²) in [6.07, 6.45) is 1.83. The molecule has 0 radical (unpaired) electrons. The van der Waals surface area contributed by atoms with Crippen LogP contribution in [0.15, 0.2) is 41.3 Å². The summed E-state index contributed by atoms with van der Waals surface area (Å²) in [6.45, 7) is 8.23. The van der Waals surface area contributed by atoms with Crippen molar-refractivity contribution in [3.8, 4) is 11.1 Å². The van der Waals surface area contributed by atoms with E-state index in [0.29, 0.717) is 5.65 Å². The summed E-state index contributed by atoms with van der Waals surface area (Å²) in [5.41, 5.74) is 4.45. The van der Waals surface area contributed by atoms with Crippen LogP contribution >= 0.6 is 0 Å². The SMILES string of the molecule is Cc1ccc(-c2c[nH]n3c(=O)cc(C(C)(C)C)nc23)cc1. The lowest BCUT2D eigenvalue weighted by Gasteiger charge is -2.17. The standard InChI is InChI=1S/C17H19N3O/c1-11-5-7-12(8-6-11)13-10-18-20-15(21)9-14(17(2,3)4)19-16(13)20/h5-10,18H,1-4H3. The van der Waals surface area contributed by atoms with Crippen LogP contribution in [0, 0.1) is 6.92 Å². The molecule has 1 aromatic carbocycles. The van der Waals surface area contributed by atoms with Crippen LogP contribution in [-0.2, 0) is 5.41 Å². The molecule has 21 heavy (non-hydrogen) atoms. The fraction of sp³-hybridized carbons (Fsp3) is 0.294. The Morgan fingerprint density at radius 3 is 2.43 bits per heavy atom. The third-order valence-electron chi connectivity index (χ3n) is 3.63. The molecule has 4 nitrogen and oxygen atoms in total. The first-order valence-electron chi connectivity index (χ1n) is 7.05. The van der Waals surface area contributed by atoms with Crippen LogP contribution < -0.4 is 5.56 Å². The second-order valence-electron chi connectivity index (χ2n) is 6.44. The first kappa shape index (κ1) is 13.6. The van der Waals surface area contributed by atoms with Gasteiger partial charge in [-0.15, -0.1) is 0 Å². The summed E-state index contributed by atoms with van der Waals surface area (Å²) < 4.78 is 1.49. The topological polar surface area (TPSA) is 50.2 Å². The molecule has 0 saturated carbocycles. The number of aromatic amines is 1. The number of hydrogen-bond acceptors (Lipinski definition) is 2. The average molecular weight is 281 g/mol. The maximum absolute atomic E-state index is 12.2. The fourth-order valence-corrected chi connectivity index (χ4v) is 2.31. The van der Waals surface area contributed by atoms with Gasteiger partial charge in [0.15, 0.2) is 5.65 Å². The van der Waals surface area contributed by atoms with Gasteiger partial charge in [0, 0.05) is 23.2 Å². The Labute approximate surface area is 123 Å². The third kappa shape index (κ3) is 2.37. The van der Waals surface area contributed by atoms with Gasteiger partial charge >= 0.3 is 0 Å². The molecule has 0 bridgehead atoms. The number of nitrogens with one attached hydrogen (secondary N) is 1. The van der Waals surface area contributed by atoms with Crippen LogP contribution in [0.2, 0.25) is 0 Å². The Balaban J connectivity index is 2.28. The number of nitrogens with zero attached hydrogens (tertiary/aromatic N) is 2. The molecule has 0 aliphatic rings. The molecule has 0 saturated heterocycles. The molecule has 0 fully saturated rings. The molecule has 4 heteroatoms. The highest BCUT2D eigenvalue weighted by atomic mass is 16.1. The van der Waals surface area contributed by atoms with Gasteiger partial charge in [-0.2, -0.15) is 0 Å². The highest BCUT2D eigenvalue weighted by molar-refractivity contribution is 5.77. The van der Waals surface area contributed by atoms with Crippen LogP contribution in [0.5, 0.6) is 0 Å². The van der Waals surface area contributed by atoms with Crippen LogP contribution in [0.4, 0.5) is 0 Å². The van der Waals surface area contributed by atoms with Gasteiger partial charge in [-0.3, -0.25) is 9.89 Å². The lowest BCUT2D eigenvalue weighted by atomic mass is 9.92. The number of benzene rings is 1. The van der Waals surface area contributed by atoms with Crippen molar-refractivity contribution < 1.29 is 0 Å². The molecule has 108 valence electrons. The van der Waals surface area contributed by atoms with Gasteiger partial charge in [-0.1, -0.05) is 50.6 Å². The van der Waals surface area contributed by atoms with Gasteiger partial charge in [-0.05, 0) is 12.5 Å². The normalized spacial score (nSPS) is 12.0. The summed E-state index contributed by atoms with van der Waals surface area (Å²) in [5, 5.41) is 2.99. The number of fused-ring (bicyclic) bond motifs is 1. The number of H-pyrrole nitrogens is 1. The van der Waals surface area contributed by atoms with E-state index in [4.69, 9.17) is 4.98 Å². The van der Waals surface area contributed by atoms with Crippen molar-refractivity contribution in [1.82, 2.24) is 14.6 Å². The van der Waals surface area contributed by atoms with Crippen molar-refractivity contribution in [2.24, 2.45) is 0 Å². The van der Waals surface area contributed by atoms with E-state index in [2.05, 4.69) is 57.1 Å². The van der Waals surface area contributed by atoms with E-state index in [1.807, 2.05) is 6.20 Å². The monoisotopic (exact) mass is 281 g/mol. The molecule has 2 aromatic heterocycles. The average Bonchev–Trinajstić information content (AvgIpc) is 2.83. The number of rotatable bonds is 1. The lowest BCUT2D eigenvalue weighted by molar-refractivity contribution is 0.566. The van der Waals surface area contributed by atoms with Crippen LogP contribution in [0.3, 0.4) is 0 Å². The van der Waals surface area contributed by atoms with Gasteiger partial charge in [0.1, 0.15) is 0 Å². The Kier molecular flexibility index (Phi) is 2.97. The smallest absolute Gasteiger partial charge is 0.272 e. The fourth-order valence-electron chi connectivity index (χ4n) is 2.31. The minimum Gasteiger partial charge on any atom is -0.296 e. The van der Waals surface area contributed by atoms with E-state index in [-0.39, 0.29) is 11.0 Å². The van der Waals surface area contributed by atoms with E-state index in [1.54, 1.807) is 6.07 Å². The molecule has 0 amide bonds. The molecule has 0 atom stereocenters. The maximum Gasteiger partial charge on any atom is 0.272 e. The van der Waals surface area contributed by atoms with E-state index in [0.717, 1.165) is 16.8 Å². The first-order valence-corrected chi connectivity index (χ1v) is 7.05. The van der Waals surface area contributed by atoms with Crippen LogP contribution in [0.1, 0.15) is 32.0 Å². The van der Waals surface area contributed by atoms with Crippen molar-refractivity contribution in [1.29, 1.82) is 0 Å². The predicted octanol–water partition coefficient (Wildman–Crippen LogP) is 3.30. The Hall–Kier alpha value is -2.36. The van der Waals surface area contributed by atoms with E-state index >= 15 is 0 Å². The van der Waals surface area contributed by atoms with Gasteiger partial charge in [0.2, 0.25) is 0 Å². The zero-order valence-electron chi connectivity index (χ0n) is 12.8. The highest BCUT2D eigenvalue weighted by Gasteiger charge is 2.19. The second kappa shape index (κ2) is 4.58. The van der Waals surface area contributed by atoms with Crippen LogP contribution in [0.25, 0.3) is 16.8 Å². The summed E-state index contributed by atoms with van der Waals surface area (Å²) in [7, 11) is 0. The predicted molar refractivity (Wildman–Crippen MR) is 84.7 cm³/mol. The molecule has 0 spiro atoms. The van der Waals surface area contributed by atoms with Crippen molar-refractivity contribution in [2.75, 3.05) is 0 Å². The minimum atomic E-state index is -0.157. The maximum atomic E-state index is 12.2. The molecule has 1 N–H and O–H groups in total. The van der Waals surface area contributed by atoms with Gasteiger partial charge in [0.05, 0.1) is 5.69 Å².